The first-order valence-electron chi connectivity index (χ1n) is 3.80. The van der Waals surface area contributed by atoms with Crippen molar-refractivity contribution in [2.24, 2.45) is 0 Å². The second-order valence-corrected chi connectivity index (χ2v) is 2.53. The van der Waals surface area contributed by atoms with Crippen LogP contribution in [0.4, 0.5) is 0 Å². The van der Waals surface area contributed by atoms with Crippen LogP contribution in [0, 0.1) is 0 Å². The van der Waals surface area contributed by atoms with Crippen LogP contribution < -0.4 is 0 Å². The fourth-order valence-electron chi connectivity index (χ4n) is 0.941. The maximum Gasteiger partial charge on any atom is 0.169 e. The van der Waals surface area contributed by atoms with Crippen LogP contribution in [0.1, 0.15) is 27.1 Å². The molecule has 1 aromatic carbocycles. The molecule has 0 aliphatic carbocycles. The van der Waals surface area contributed by atoms with E-state index in [1.165, 1.54) is 12.1 Å². The quantitative estimate of drug-likeness (QED) is 0.394. The predicted molar refractivity (Wildman–Crippen MR) is 46.8 cm³/mol. The largest absolute Gasteiger partial charge is 0.303 e. The van der Waals surface area contributed by atoms with Crippen LogP contribution in [0.15, 0.2) is 24.3 Å². The summed E-state index contributed by atoms with van der Waals surface area (Å²) in [5.74, 6) is -0.229. The first-order chi connectivity index (χ1) is 6.27. The monoisotopic (exact) mass is 176 g/mol. The standard InChI is InChI=1S/C10H8O3/c11-6-5-10(13)9-3-1-8(7-12)2-4-9/h1-4,6-7H,5H2. The third-order valence-electron chi connectivity index (χ3n) is 1.64. The van der Waals surface area contributed by atoms with Gasteiger partial charge in [-0.25, -0.2) is 0 Å². The Labute approximate surface area is 75.4 Å². The van der Waals surface area contributed by atoms with Gasteiger partial charge in [-0.2, -0.15) is 0 Å². The van der Waals surface area contributed by atoms with Crippen molar-refractivity contribution in [2.75, 3.05) is 0 Å². The Kier molecular flexibility index (Phi) is 3.09. The van der Waals surface area contributed by atoms with Crippen LogP contribution in [-0.4, -0.2) is 18.4 Å². The van der Waals surface area contributed by atoms with Crippen LogP contribution in [0.5, 0.6) is 0 Å². The molecule has 3 nitrogen and oxygen atoms in total. The molecule has 0 heterocycles. The number of benzene rings is 1. The second-order valence-electron chi connectivity index (χ2n) is 2.53. The highest BCUT2D eigenvalue weighted by atomic mass is 16.1. The Balaban J connectivity index is 2.85. The summed E-state index contributed by atoms with van der Waals surface area (Å²) in [6, 6.07) is 6.17. The first kappa shape index (κ1) is 9.32. The van der Waals surface area contributed by atoms with E-state index in [-0.39, 0.29) is 12.2 Å². The molecule has 0 spiro atoms. The SMILES string of the molecule is O=CCC(=O)c1ccc(C=O)cc1. The second kappa shape index (κ2) is 4.30. The van der Waals surface area contributed by atoms with Gasteiger partial charge in [-0.05, 0) is 0 Å². The maximum absolute atomic E-state index is 11.1. The molecule has 0 saturated heterocycles. The Bertz CT molecular complexity index is 325. The lowest BCUT2D eigenvalue weighted by Gasteiger charge is -1.96. The summed E-state index contributed by atoms with van der Waals surface area (Å²) in [6.45, 7) is 0. The number of hydrogen-bond acceptors (Lipinski definition) is 3. The van der Waals surface area contributed by atoms with Gasteiger partial charge in [-0.15, -0.1) is 0 Å². The molecule has 1 rings (SSSR count). The molecule has 0 N–H and O–H groups in total. The van der Waals surface area contributed by atoms with Gasteiger partial charge in [0.1, 0.15) is 12.6 Å². The summed E-state index contributed by atoms with van der Waals surface area (Å²) >= 11 is 0. The summed E-state index contributed by atoms with van der Waals surface area (Å²) in [7, 11) is 0. The summed E-state index contributed by atoms with van der Waals surface area (Å²) in [5.41, 5.74) is 0.973. The molecule has 0 saturated carbocycles. The molecular weight excluding hydrogens is 168 g/mol. The molecule has 0 bridgehead atoms. The number of carbonyl (C=O) groups excluding carboxylic acids is 3. The maximum atomic E-state index is 11.1. The average molecular weight is 176 g/mol. The Morgan fingerprint density at radius 3 is 2.23 bits per heavy atom. The summed E-state index contributed by atoms with van der Waals surface area (Å²) in [4.78, 5) is 31.4. The van der Waals surface area contributed by atoms with Gasteiger partial charge < -0.3 is 4.79 Å². The molecule has 0 fully saturated rings. The van der Waals surface area contributed by atoms with Crippen molar-refractivity contribution in [1.29, 1.82) is 0 Å². The third-order valence-corrected chi connectivity index (χ3v) is 1.64. The molecule has 0 aliphatic heterocycles. The molecule has 0 aromatic heterocycles. The van der Waals surface area contributed by atoms with Gasteiger partial charge in [-0.1, -0.05) is 24.3 Å². The van der Waals surface area contributed by atoms with E-state index in [0.717, 1.165) is 0 Å². The van der Waals surface area contributed by atoms with Crippen LogP contribution >= 0.6 is 0 Å². The number of carbonyl (C=O) groups is 3. The zero-order valence-corrected chi connectivity index (χ0v) is 6.90. The lowest BCUT2D eigenvalue weighted by Crippen LogP contribution is -1.99. The van der Waals surface area contributed by atoms with E-state index < -0.39 is 0 Å². The van der Waals surface area contributed by atoms with Crippen LogP contribution in [0.2, 0.25) is 0 Å². The van der Waals surface area contributed by atoms with Gasteiger partial charge in [0.25, 0.3) is 0 Å². The number of hydrogen-bond donors (Lipinski definition) is 0. The molecule has 13 heavy (non-hydrogen) atoms. The lowest BCUT2D eigenvalue weighted by atomic mass is 10.1. The van der Waals surface area contributed by atoms with Crippen molar-refractivity contribution in [3.05, 3.63) is 35.4 Å². The summed E-state index contributed by atoms with van der Waals surface area (Å²) < 4.78 is 0. The minimum atomic E-state index is -0.229. The minimum Gasteiger partial charge on any atom is -0.303 e. The molecule has 0 unspecified atom stereocenters. The van der Waals surface area contributed by atoms with Crippen molar-refractivity contribution in [3.63, 3.8) is 0 Å². The highest BCUT2D eigenvalue weighted by Crippen LogP contribution is 2.04. The van der Waals surface area contributed by atoms with E-state index >= 15 is 0 Å². The van der Waals surface area contributed by atoms with Crippen LogP contribution in [0.3, 0.4) is 0 Å². The van der Waals surface area contributed by atoms with E-state index in [2.05, 4.69) is 0 Å². The van der Waals surface area contributed by atoms with E-state index in [4.69, 9.17) is 0 Å². The molecule has 0 atom stereocenters. The first-order valence-corrected chi connectivity index (χ1v) is 3.80. The van der Waals surface area contributed by atoms with Crippen molar-refractivity contribution in [3.8, 4) is 0 Å². The molecule has 3 heteroatoms. The number of aldehydes is 2. The van der Waals surface area contributed by atoms with Gasteiger partial charge >= 0.3 is 0 Å². The van der Waals surface area contributed by atoms with Gasteiger partial charge in [0, 0.05) is 11.1 Å². The number of ketones is 1. The molecule has 0 aliphatic rings. The van der Waals surface area contributed by atoms with Gasteiger partial charge in [0.15, 0.2) is 5.78 Å². The number of rotatable bonds is 4. The smallest absolute Gasteiger partial charge is 0.169 e. The van der Waals surface area contributed by atoms with Gasteiger partial charge in [0.05, 0.1) is 6.42 Å². The summed E-state index contributed by atoms with van der Waals surface area (Å²) in [5, 5.41) is 0. The molecule has 66 valence electrons. The number of Topliss-reactive ketones (excluding diaryl/α,β-unsaturated/α-hetero) is 1. The molecular formula is C10H8O3. The normalized spacial score (nSPS) is 9.23. The van der Waals surface area contributed by atoms with E-state index in [9.17, 15) is 14.4 Å². The average Bonchev–Trinajstić information content (AvgIpc) is 2.18. The summed E-state index contributed by atoms with van der Waals surface area (Å²) in [6.07, 6.45) is 1.16. The zero-order valence-electron chi connectivity index (χ0n) is 6.90. The zero-order chi connectivity index (χ0) is 9.68. The topological polar surface area (TPSA) is 51.2 Å². The molecule has 0 radical (unpaired) electrons. The fourth-order valence-corrected chi connectivity index (χ4v) is 0.941. The lowest BCUT2D eigenvalue weighted by molar-refractivity contribution is -0.107. The van der Waals surface area contributed by atoms with Crippen molar-refractivity contribution in [1.82, 2.24) is 0 Å². The van der Waals surface area contributed by atoms with E-state index in [0.29, 0.717) is 23.7 Å². The van der Waals surface area contributed by atoms with Crippen LogP contribution in [0.25, 0.3) is 0 Å². The molecule has 1 aromatic rings. The van der Waals surface area contributed by atoms with Crippen molar-refractivity contribution < 1.29 is 14.4 Å². The Morgan fingerprint density at radius 2 is 1.77 bits per heavy atom. The Morgan fingerprint density at radius 1 is 1.15 bits per heavy atom. The highest BCUT2D eigenvalue weighted by Gasteiger charge is 2.03. The highest BCUT2D eigenvalue weighted by molar-refractivity contribution is 6.02. The van der Waals surface area contributed by atoms with E-state index in [1.807, 2.05) is 0 Å². The van der Waals surface area contributed by atoms with Crippen molar-refractivity contribution in [2.45, 2.75) is 6.42 Å². The predicted octanol–water partition coefficient (Wildman–Crippen LogP) is 1.27. The van der Waals surface area contributed by atoms with Gasteiger partial charge in [-0.3, -0.25) is 9.59 Å². The van der Waals surface area contributed by atoms with Gasteiger partial charge in [0.2, 0.25) is 0 Å². The fraction of sp³-hybridized carbons (Fsp3) is 0.100. The van der Waals surface area contributed by atoms with Crippen LogP contribution in [-0.2, 0) is 4.79 Å². The molecule has 0 amide bonds. The minimum absolute atomic E-state index is 0.111. The Hall–Kier alpha value is -1.77. The third kappa shape index (κ3) is 2.33. The van der Waals surface area contributed by atoms with E-state index in [1.54, 1.807) is 12.1 Å². The van der Waals surface area contributed by atoms with Crippen molar-refractivity contribution >= 4 is 18.4 Å².